The second-order valence-corrected chi connectivity index (χ2v) is 9.32. The fourth-order valence-corrected chi connectivity index (χ4v) is 4.33. The van der Waals surface area contributed by atoms with Gasteiger partial charge in [0.1, 0.15) is 0 Å². The van der Waals surface area contributed by atoms with E-state index >= 15 is 0 Å². The lowest BCUT2D eigenvalue weighted by Gasteiger charge is -2.17. The molecule has 0 heterocycles. The van der Waals surface area contributed by atoms with Gasteiger partial charge in [-0.25, -0.2) is 25.9 Å². The molecule has 1 rings (SSSR count). The number of benzene rings is 1. The van der Waals surface area contributed by atoms with Crippen molar-refractivity contribution in [3.63, 3.8) is 0 Å². The van der Waals surface area contributed by atoms with Crippen molar-refractivity contribution in [2.75, 3.05) is 20.6 Å². The monoisotopic (exact) mass is 363 g/mol. The number of nitrogens with two attached hydrogens (primary N) is 1. The highest BCUT2D eigenvalue weighted by Crippen LogP contribution is 2.18. The fourth-order valence-electron chi connectivity index (χ4n) is 1.98. The molecule has 0 aliphatic rings. The number of hydrogen-bond acceptors (Lipinski definition) is 5. The number of hydrogen-bond donors (Lipinski definition) is 2. The molecule has 0 aromatic heterocycles. The van der Waals surface area contributed by atoms with Crippen LogP contribution in [0.25, 0.3) is 0 Å². The Kier molecular flexibility index (Phi) is 7.15. The van der Waals surface area contributed by atoms with E-state index in [4.69, 9.17) is 5.73 Å². The zero-order valence-corrected chi connectivity index (χ0v) is 15.3. The molecule has 23 heavy (non-hydrogen) atoms. The Balaban J connectivity index is 3.10. The summed E-state index contributed by atoms with van der Waals surface area (Å²) in [6.07, 6.45) is 2.44. The van der Waals surface area contributed by atoms with Crippen LogP contribution in [0.1, 0.15) is 26.2 Å². The standard InChI is InChI=1S/C14H25N3O4S2/c1-4-5-7-12(11-15)16-22(18,19)13-8-6-9-14(10-13)23(20,21)17(2)3/h6,8-10,12,16H,4-5,7,11,15H2,1-3H3. The summed E-state index contributed by atoms with van der Waals surface area (Å²) in [5.41, 5.74) is 5.61. The maximum Gasteiger partial charge on any atom is 0.242 e. The molecule has 9 heteroatoms. The van der Waals surface area contributed by atoms with E-state index in [-0.39, 0.29) is 22.4 Å². The van der Waals surface area contributed by atoms with Gasteiger partial charge < -0.3 is 5.73 Å². The van der Waals surface area contributed by atoms with Gasteiger partial charge in [-0.3, -0.25) is 0 Å². The lowest BCUT2D eigenvalue weighted by Crippen LogP contribution is -2.40. The molecule has 0 aliphatic heterocycles. The van der Waals surface area contributed by atoms with Crippen molar-refractivity contribution in [1.82, 2.24) is 9.03 Å². The van der Waals surface area contributed by atoms with Gasteiger partial charge in [-0.2, -0.15) is 0 Å². The van der Waals surface area contributed by atoms with Crippen LogP contribution < -0.4 is 10.5 Å². The maximum absolute atomic E-state index is 12.4. The van der Waals surface area contributed by atoms with Gasteiger partial charge in [-0.05, 0) is 24.6 Å². The highest BCUT2D eigenvalue weighted by atomic mass is 32.2. The van der Waals surface area contributed by atoms with Crippen LogP contribution in [-0.4, -0.2) is 47.8 Å². The summed E-state index contributed by atoms with van der Waals surface area (Å²) in [6.45, 7) is 2.20. The van der Waals surface area contributed by atoms with Gasteiger partial charge in [0.15, 0.2) is 0 Å². The molecule has 0 amide bonds. The third kappa shape index (κ3) is 5.25. The number of unbranched alkanes of at least 4 members (excludes halogenated alkanes) is 1. The van der Waals surface area contributed by atoms with E-state index in [9.17, 15) is 16.8 Å². The first-order chi connectivity index (χ1) is 10.6. The van der Waals surface area contributed by atoms with Crippen molar-refractivity contribution in [1.29, 1.82) is 0 Å². The minimum Gasteiger partial charge on any atom is -0.329 e. The fraction of sp³-hybridized carbons (Fsp3) is 0.571. The maximum atomic E-state index is 12.4. The lowest BCUT2D eigenvalue weighted by atomic mass is 10.1. The summed E-state index contributed by atoms with van der Waals surface area (Å²) >= 11 is 0. The first-order valence-corrected chi connectivity index (χ1v) is 10.3. The van der Waals surface area contributed by atoms with E-state index in [1.54, 1.807) is 0 Å². The Morgan fingerprint density at radius 1 is 1.17 bits per heavy atom. The number of rotatable bonds is 9. The molecule has 0 aliphatic carbocycles. The SMILES string of the molecule is CCCCC(CN)NS(=O)(=O)c1cccc(S(=O)(=O)N(C)C)c1. The molecular formula is C14H25N3O4S2. The Bertz CT molecular complexity index is 715. The molecule has 1 aromatic rings. The summed E-state index contributed by atoms with van der Waals surface area (Å²) in [5, 5.41) is 0. The smallest absolute Gasteiger partial charge is 0.242 e. The molecule has 0 bridgehead atoms. The van der Waals surface area contributed by atoms with Crippen molar-refractivity contribution in [3.8, 4) is 0 Å². The van der Waals surface area contributed by atoms with E-state index in [2.05, 4.69) is 4.72 Å². The Hall–Kier alpha value is -1.00. The molecule has 0 saturated heterocycles. The van der Waals surface area contributed by atoms with Gasteiger partial charge >= 0.3 is 0 Å². The molecule has 0 radical (unpaired) electrons. The van der Waals surface area contributed by atoms with Crippen molar-refractivity contribution >= 4 is 20.0 Å². The second-order valence-electron chi connectivity index (χ2n) is 5.46. The van der Waals surface area contributed by atoms with E-state index in [1.165, 1.54) is 32.3 Å². The molecule has 0 saturated carbocycles. The summed E-state index contributed by atoms with van der Waals surface area (Å²) < 4.78 is 52.7. The Morgan fingerprint density at radius 2 is 1.78 bits per heavy atom. The van der Waals surface area contributed by atoms with Crippen molar-refractivity contribution in [3.05, 3.63) is 24.3 Å². The molecule has 1 unspecified atom stereocenters. The van der Waals surface area contributed by atoms with Crippen LogP contribution in [0.5, 0.6) is 0 Å². The third-order valence-corrected chi connectivity index (χ3v) is 6.74. The van der Waals surface area contributed by atoms with Gasteiger partial charge in [0.05, 0.1) is 9.79 Å². The van der Waals surface area contributed by atoms with E-state index in [1.807, 2.05) is 6.92 Å². The first-order valence-electron chi connectivity index (χ1n) is 7.40. The van der Waals surface area contributed by atoms with Crippen LogP contribution in [0.15, 0.2) is 34.1 Å². The van der Waals surface area contributed by atoms with Gasteiger partial charge in [0, 0.05) is 26.7 Å². The Labute approximate surface area is 139 Å². The first kappa shape index (κ1) is 20.0. The average Bonchev–Trinajstić information content (AvgIpc) is 2.51. The molecule has 0 fully saturated rings. The number of nitrogens with zero attached hydrogens (tertiary/aromatic N) is 1. The zero-order valence-electron chi connectivity index (χ0n) is 13.7. The van der Waals surface area contributed by atoms with Gasteiger partial charge in [-0.1, -0.05) is 25.8 Å². The lowest BCUT2D eigenvalue weighted by molar-refractivity contribution is 0.515. The number of sulfonamides is 2. The molecule has 7 nitrogen and oxygen atoms in total. The molecule has 3 N–H and O–H groups in total. The van der Waals surface area contributed by atoms with Gasteiger partial charge in [-0.15, -0.1) is 0 Å². The molecule has 132 valence electrons. The van der Waals surface area contributed by atoms with Crippen LogP contribution in [0.4, 0.5) is 0 Å². The average molecular weight is 364 g/mol. The highest BCUT2D eigenvalue weighted by molar-refractivity contribution is 7.90. The molecular weight excluding hydrogens is 338 g/mol. The predicted molar refractivity (Wildman–Crippen MR) is 90.0 cm³/mol. The minimum atomic E-state index is -3.82. The van der Waals surface area contributed by atoms with Crippen LogP contribution in [-0.2, 0) is 20.0 Å². The van der Waals surface area contributed by atoms with E-state index in [0.717, 1.165) is 23.2 Å². The molecule has 1 aromatic carbocycles. The second kappa shape index (κ2) is 8.20. The summed E-state index contributed by atoms with van der Waals surface area (Å²) in [4.78, 5) is -0.154. The highest BCUT2D eigenvalue weighted by Gasteiger charge is 2.23. The summed E-state index contributed by atoms with van der Waals surface area (Å²) in [7, 11) is -4.73. The molecule has 1 atom stereocenters. The minimum absolute atomic E-state index is 0.0665. The van der Waals surface area contributed by atoms with Gasteiger partial charge in [0.2, 0.25) is 20.0 Å². The number of nitrogens with one attached hydrogen (secondary N) is 1. The van der Waals surface area contributed by atoms with Crippen molar-refractivity contribution in [2.45, 2.75) is 42.0 Å². The van der Waals surface area contributed by atoms with Crippen LogP contribution >= 0.6 is 0 Å². The zero-order chi connectivity index (χ0) is 17.7. The molecule has 0 spiro atoms. The van der Waals surface area contributed by atoms with Gasteiger partial charge in [0.25, 0.3) is 0 Å². The quantitative estimate of drug-likeness (QED) is 0.672. The van der Waals surface area contributed by atoms with E-state index in [0.29, 0.717) is 6.42 Å². The normalized spacial score (nSPS) is 14.1. The van der Waals surface area contributed by atoms with Crippen molar-refractivity contribution < 1.29 is 16.8 Å². The predicted octanol–water partition coefficient (Wildman–Crippen LogP) is 0.733. The van der Waals surface area contributed by atoms with Crippen LogP contribution in [0.3, 0.4) is 0 Å². The van der Waals surface area contributed by atoms with Crippen molar-refractivity contribution in [2.24, 2.45) is 5.73 Å². The van der Waals surface area contributed by atoms with E-state index < -0.39 is 20.0 Å². The largest absolute Gasteiger partial charge is 0.329 e. The van der Waals surface area contributed by atoms with Crippen LogP contribution in [0, 0.1) is 0 Å². The topological polar surface area (TPSA) is 110 Å². The van der Waals surface area contributed by atoms with Crippen LogP contribution in [0.2, 0.25) is 0 Å². The summed E-state index contributed by atoms with van der Waals surface area (Å²) in [6, 6.07) is 4.93. The Morgan fingerprint density at radius 3 is 2.30 bits per heavy atom. The summed E-state index contributed by atoms with van der Waals surface area (Å²) in [5.74, 6) is 0. The third-order valence-electron chi connectivity index (χ3n) is 3.41.